The Labute approximate surface area is 395 Å². The van der Waals surface area contributed by atoms with E-state index in [4.69, 9.17) is 0 Å². The van der Waals surface area contributed by atoms with Gasteiger partial charge in [0, 0.05) is 39.8 Å². The van der Waals surface area contributed by atoms with E-state index in [0.717, 1.165) is 54.9 Å². The zero-order valence-corrected chi connectivity index (χ0v) is 37.7. The fraction of sp³-hybridized carbons (Fsp3) is 0.108. The van der Waals surface area contributed by atoms with Crippen LogP contribution >= 0.6 is 0 Å². The van der Waals surface area contributed by atoms with Gasteiger partial charge < -0.3 is 9.80 Å². The fourth-order valence-corrected chi connectivity index (χ4v) is 11.1. The summed E-state index contributed by atoms with van der Waals surface area (Å²) in [5.74, 6) is 0.381. The first-order valence-electron chi connectivity index (χ1n) is 24.0. The summed E-state index contributed by atoms with van der Waals surface area (Å²) in [5.41, 5.74) is 17.9. The second-order valence-corrected chi connectivity index (χ2v) is 18.2. The first-order chi connectivity index (χ1) is 33.2. The number of anilines is 5. The molecule has 0 N–H and O–H groups in total. The molecule has 2 nitrogen and oxygen atoms in total. The summed E-state index contributed by atoms with van der Waals surface area (Å²) in [5, 5.41) is 2.47. The molecule has 12 rings (SSSR count). The molecule has 2 atom stereocenters. The Morgan fingerprint density at radius 2 is 1.06 bits per heavy atom. The zero-order valence-electron chi connectivity index (χ0n) is 37.7. The highest BCUT2D eigenvalue weighted by Gasteiger charge is 2.47. The van der Waals surface area contributed by atoms with Gasteiger partial charge in [-0.2, -0.15) is 0 Å². The number of hydrogen-bond acceptors (Lipinski definition) is 2. The fourth-order valence-electron chi connectivity index (χ4n) is 11.1. The van der Waals surface area contributed by atoms with Crippen LogP contribution < -0.4 is 9.80 Å². The van der Waals surface area contributed by atoms with E-state index in [-0.39, 0.29) is 0 Å². The summed E-state index contributed by atoms with van der Waals surface area (Å²) >= 11 is 0. The first kappa shape index (κ1) is 40.6. The molecule has 0 spiro atoms. The van der Waals surface area contributed by atoms with Crippen LogP contribution in [0.2, 0.25) is 0 Å². The highest BCUT2D eigenvalue weighted by atomic mass is 15.2. The lowest BCUT2D eigenvalue weighted by Crippen LogP contribution is -2.30. The van der Waals surface area contributed by atoms with Gasteiger partial charge in [-0.25, -0.2) is 0 Å². The van der Waals surface area contributed by atoms with Crippen LogP contribution in [0.1, 0.15) is 60.3 Å². The van der Waals surface area contributed by atoms with E-state index in [9.17, 15) is 0 Å². The van der Waals surface area contributed by atoms with Crippen LogP contribution in [0.25, 0.3) is 33.0 Å². The van der Waals surface area contributed by atoms with E-state index in [1.54, 1.807) is 0 Å². The second kappa shape index (κ2) is 17.5. The molecule has 2 heteroatoms. The molecule has 0 bridgehead atoms. The summed E-state index contributed by atoms with van der Waals surface area (Å²) < 4.78 is 0. The number of hydrogen-bond donors (Lipinski definition) is 0. The number of allylic oxidation sites excluding steroid dienone is 11. The number of rotatable bonds is 10. The van der Waals surface area contributed by atoms with Crippen LogP contribution in [0.4, 0.5) is 28.4 Å². The van der Waals surface area contributed by atoms with E-state index < -0.39 is 5.41 Å². The van der Waals surface area contributed by atoms with E-state index in [1.807, 2.05) is 0 Å². The molecular formula is C65H52N2. The number of benzene rings is 8. The predicted octanol–water partition coefficient (Wildman–Crippen LogP) is 17.5. The largest absolute Gasteiger partial charge is 0.310 e. The smallest absolute Gasteiger partial charge is 0.0711 e. The van der Waals surface area contributed by atoms with Crippen LogP contribution in [0.5, 0.6) is 0 Å². The molecular weight excluding hydrogens is 809 g/mol. The Hall–Kier alpha value is -7.94. The van der Waals surface area contributed by atoms with Gasteiger partial charge in [-0.05, 0) is 148 Å². The Morgan fingerprint density at radius 1 is 0.448 bits per heavy atom. The minimum Gasteiger partial charge on any atom is -0.310 e. The molecule has 0 aliphatic heterocycles. The normalized spacial score (nSPS) is 18.0. The molecule has 0 saturated heterocycles. The summed E-state index contributed by atoms with van der Waals surface area (Å²) in [6.45, 7) is 0. The second-order valence-electron chi connectivity index (χ2n) is 18.2. The van der Waals surface area contributed by atoms with Crippen molar-refractivity contribution >= 4 is 39.2 Å². The number of nitrogens with zero attached hydrogens (tertiary/aromatic N) is 2. The minimum atomic E-state index is -0.580. The molecule has 0 radical (unpaired) electrons. The van der Waals surface area contributed by atoms with Crippen molar-refractivity contribution in [1.29, 1.82) is 0 Å². The van der Waals surface area contributed by atoms with Crippen LogP contribution in [-0.2, 0) is 5.41 Å². The average molecular weight is 861 g/mol. The highest BCUT2D eigenvalue weighted by Crippen LogP contribution is 2.59. The topological polar surface area (TPSA) is 6.48 Å². The Kier molecular flexibility index (Phi) is 10.6. The third kappa shape index (κ3) is 7.21. The molecule has 0 aromatic heterocycles. The van der Waals surface area contributed by atoms with Crippen LogP contribution in [0.15, 0.2) is 260 Å². The van der Waals surface area contributed by atoms with E-state index in [1.165, 1.54) is 72.2 Å². The van der Waals surface area contributed by atoms with Gasteiger partial charge >= 0.3 is 0 Å². The lowest BCUT2D eigenvalue weighted by molar-refractivity contribution is 0.751. The van der Waals surface area contributed by atoms with Gasteiger partial charge in [0.25, 0.3) is 0 Å². The van der Waals surface area contributed by atoms with Crippen molar-refractivity contribution in [1.82, 2.24) is 0 Å². The van der Waals surface area contributed by atoms with Gasteiger partial charge in [-0.15, -0.1) is 0 Å². The van der Waals surface area contributed by atoms with E-state index in [0.29, 0.717) is 5.92 Å². The van der Waals surface area contributed by atoms with Crippen molar-refractivity contribution in [2.75, 3.05) is 9.80 Å². The van der Waals surface area contributed by atoms with Crippen LogP contribution in [0.3, 0.4) is 0 Å². The molecule has 0 fully saturated rings. The van der Waals surface area contributed by atoms with Gasteiger partial charge in [0.1, 0.15) is 0 Å². The molecule has 0 saturated carbocycles. The predicted molar refractivity (Wildman–Crippen MR) is 283 cm³/mol. The molecule has 2 unspecified atom stereocenters. The summed E-state index contributed by atoms with van der Waals surface area (Å²) in [4.78, 5) is 4.95. The summed E-state index contributed by atoms with van der Waals surface area (Å²) in [6, 6.07) is 70.4. The van der Waals surface area contributed by atoms with E-state index >= 15 is 0 Å². The van der Waals surface area contributed by atoms with Crippen LogP contribution in [0, 0.1) is 0 Å². The number of fused-ring (bicyclic) bond motifs is 4. The standard InChI is InChI=1S/C65H52N2/c1-6-19-47(20-7-1)49-33-37-55(38-34-49)66(56-39-35-50(36-40-56)48-21-8-2-9-22-48)57-41-43-60-61-44-42-58(67(54-29-14-5-15-30-54)64-32-18-24-51-23-16-17-31-59(51)64)46-63(61)65(62(60)45-57,52-25-10-3-11-26-52)53-27-12-4-13-28-53/h1-3,6-12,14,16-21,23-46,48H,4-5,13,15,22H2. The zero-order chi connectivity index (χ0) is 44.6. The van der Waals surface area contributed by atoms with Crippen molar-refractivity contribution in [3.8, 4) is 22.3 Å². The SMILES string of the molecule is C1=CCC(c2ccc(N(c3ccc(-c4ccccc4)cc3)c3ccc4c(c3)C(C3=CCCC=C3)(c3ccccc3)c3cc(N(C5=CCCC=C5)c5cccc6ccccc56)ccc3-4)cc2)C=C1. The molecule has 0 heterocycles. The van der Waals surface area contributed by atoms with Gasteiger partial charge in [0.2, 0.25) is 0 Å². The van der Waals surface area contributed by atoms with Crippen molar-refractivity contribution in [2.24, 2.45) is 0 Å². The Balaban J connectivity index is 1.07. The molecule has 67 heavy (non-hydrogen) atoms. The Morgan fingerprint density at radius 3 is 1.73 bits per heavy atom. The minimum absolute atomic E-state index is 0.381. The lowest BCUT2D eigenvalue weighted by Gasteiger charge is -2.37. The van der Waals surface area contributed by atoms with Crippen molar-refractivity contribution in [3.63, 3.8) is 0 Å². The quantitative estimate of drug-likeness (QED) is 0.135. The summed E-state index contributed by atoms with van der Waals surface area (Å²) in [7, 11) is 0. The molecule has 8 aromatic carbocycles. The van der Waals surface area contributed by atoms with Crippen molar-refractivity contribution < 1.29 is 0 Å². The highest BCUT2D eigenvalue weighted by molar-refractivity contribution is 5.98. The molecule has 0 amide bonds. The third-order valence-electron chi connectivity index (χ3n) is 14.3. The van der Waals surface area contributed by atoms with Gasteiger partial charge in [-0.3, -0.25) is 0 Å². The molecule has 4 aliphatic rings. The van der Waals surface area contributed by atoms with Crippen molar-refractivity contribution in [3.05, 3.63) is 282 Å². The van der Waals surface area contributed by atoms with Crippen molar-refractivity contribution in [2.45, 2.75) is 43.4 Å². The van der Waals surface area contributed by atoms with E-state index in [2.05, 4.69) is 259 Å². The maximum absolute atomic E-state index is 2.52. The maximum Gasteiger partial charge on any atom is 0.0711 e. The first-order valence-corrected chi connectivity index (χ1v) is 24.0. The van der Waals surface area contributed by atoms with Crippen LogP contribution in [-0.4, -0.2) is 0 Å². The van der Waals surface area contributed by atoms with Gasteiger partial charge in [0.15, 0.2) is 0 Å². The lowest BCUT2D eigenvalue weighted by atomic mass is 9.66. The average Bonchev–Trinajstić information content (AvgIpc) is 3.70. The maximum atomic E-state index is 2.52. The van der Waals surface area contributed by atoms with Gasteiger partial charge in [0.05, 0.1) is 11.1 Å². The molecule has 8 aromatic rings. The third-order valence-corrected chi connectivity index (χ3v) is 14.3. The molecule has 322 valence electrons. The Bertz CT molecular complexity index is 3310. The summed E-state index contributed by atoms with van der Waals surface area (Å²) in [6.07, 6.45) is 28.4. The van der Waals surface area contributed by atoms with Gasteiger partial charge in [-0.1, -0.05) is 188 Å². The monoisotopic (exact) mass is 860 g/mol. The molecule has 4 aliphatic carbocycles.